The third-order valence-corrected chi connectivity index (χ3v) is 7.72. The van der Waals surface area contributed by atoms with E-state index in [-0.39, 0.29) is 19.0 Å². The van der Waals surface area contributed by atoms with Crippen LogP contribution in [0.4, 0.5) is 0 Å². The van der Waals surface area contributed by atoms with Crippen LogP contribution in [0.15, 0.2) is 75.7 Å². The van der Waals surface area contributed by atoms with Gasteiger partial charge in [-0.2, -0.15) is 0 Å². The van der Waals surface area contributed by atoms with E-state index in [0.29, 0.717) is 50.0 Å². The molecule has 2 aliphatic heterocycles. The zero-order valence-corrected chi connectivity index (χ0v) is 22.5. The Bertz CT molecular complexity index is 1830. The Labute approximate surface area is 228 Å². The lowest BCUT2D eigenvalue weighted by Crippen LogP contribution is -2.39. The van der Waals surface area contributed by atoms with Crippen LogP contribution in [-0.4, -0.2) is 30.5 Å². The van der Waals surface area contributed by atoms with Gasteiger partial charge < -0.3 is 18.9 Å². The van der Waals surface area contributed by atoms with E-state index in [1.807, 2.05) is 55.5 Å². The predicted molar refractivity (Wildman–Crippen MR) is 148 cm³/mol. The molecule has 0 bridgehead atoms. The van der Waals surface area contributed by atoms with Crippen molar-refractivity contribution >= 4 is 34.2 Å². The molecule has 0 spiro atoms. The largest absolute Gasteiger partial charge is 0.493 e. The number of hydrogen-bond acceptors (Lipinski definition) is 8. The van der Waals surface area contributed by atoms with E-state index in [9.17, 15) is 9.59 Å². The first-order chi connectivity index (χ1) is 19.0. The lowest BCUT2D eigenvalue weighted by Gasteiger charge is -2.24. The van der Waals surface area contributed by atoms with E-state index in [0.717, 1.165) is 16.3 Å². The number of allylic oxidation sites excluding steroid dienone is 1. The minimum Gasteiger partial charge on any atom is -0.493 e. The van der Waals surface area contributed by atoms with Gasteiger partial charge in [-0.1, -0.05) is 47.7 Å². The number of rotatable bonds is 6. The van der Waals surface area contributed by atoms with Gasteiger partial charge in [-0.25, -0.2) is 9.79 Å². The molecule has 0 aliphatic carbocycles. The normalized spacial score (nSPS) is 16.3. The summed E-state index contributed by atoms with van der Waals surface area (Å²) in [5, 5.41) is 2.02. The molecule has 0 fully saturated rings. The third kappa shape index (κ3) is 4.28. The molecule has 1 atom stereocenters. The molecule has 0 N–H and O–H groups in total. The van der Waals surface area contributed by atoms with Gasteiger partial charge in [0, 0.05) is 5.56 Å². The molecule has 198 valence electrons. The summed E-state index contributed by atoms with van der Waals surface area (Å²) in [4.78, 5) is 32.4. The van der Waals surface area contributed by atoms with Gasteiger partial charge in [0.2, 0.25) is 6.79 Å². The highest BCUT2D eigenvalue weighted by Gasteiger charge is 2.34. The van der Waals surface area contributed by atoms with Gasteiger partial charge in [0.15, 0.2) is 16.3 Å². The Balaban J connectivity index is 1.59. The number of nitrogens with zero attached hydrogens (tertiary/aromatic N) is 2. The molecule has 2 aliphatic rings. The van der Waals surface area contributed by atoms with Crippen molar-refractivity contribution in [3.05, 3.63) is 96.7 Å². The minimum absolute atomic E-state index is 0.119. The quantitative estimate of drug-likeness (QED) is 0.341. The second-order valence-corrected chi connectivity index (χ2v) is 10.1. The molecule has 0 radical (unpaired) electrons. The molecular formula is C30H26N2O6S. The number of esters is 1. The van der Waals surface area contributed by atoms with Crippen molar-refractivity contribution in [1.82, 2.24) is 4.57 Å². The topological polar surface area (TPSA) is 88.4 Å². The Morgan fingerprint density at radius 1 is 1.10 bits per heavy atom. The molecule has 3 aromatic carbocycles. The number of carbonyl (C=O) groups is 1. The van der Waals surface area contributed by atoms with Crippen LogP contribution in [0, 0.1) is 0 Å². The van der Waals surface area contributed by atoms with Crippen LogP contribution in [0.1, 0.15) is 37.9 Å². The first-order valence-electron chi connectivity index (χ1n) is 12.7. The van der Waals surface area contributed by atoms with Gasteiger partial charge in [0.05, 0.1) is 35.1 Å². The van der Waals surface area contributed by atoms with Gasteiger partial charge in [0.1, 0.15) is 5.75 Å². The van der Waals surface area contributed by atoms with Crippen LogP contribution in [0.25, 0.3) is 16.8 Å². The van der Waals surface area contributed by atoms with Crippen LogP contribution in [-0.2, 0) is 9.53 Å². The lowest BCUT2D eigenvalue weighted by atomic mass is 9.95. The fraction of sp³-hybridized carbons (Fsp3) is 0.233. The van der Waals surface area contributed by atoms with Crippen LogP contribution in [0.5, 0.6) is 17.2 Å². The van der Waals surface area contributed by atoms with E-state index < -0.39 is 12.0 Å². The average molecular weight is 543 g/mol. The third-order valence-electron chi connectivity index (χ3n) is 6.74. The number of hydrogen-bond donors (Lipinski definition) is 0. The second kappa shape index (κ2) is 10.1. The summed E-state index contributed by atoms with van der Waals surface area (Å²) in [5.41, 5.74) is 2.08. The first-order valence-corrected chi connectivity index (χ1v) is 13.6. The van der Waals surface area contributed by atoms with Crippen LogP contribution in [0.2, 0.25) is 0 Å². The van der Waals surface area contributed by atoms with Crippen molar-refractivity contribution < 1.29 is 23.7 Å². The van der Waals surface area contributed by atoms with Crippen LogP contribution < -0.4 is 29.1 Å². The highest BCUT2D eigenvalue weighted by molar-refractivity contribution is 7.07. The molecular weight excluding hydrogens is 516 g/mol. The van der Waals surface area contributed by atoms with Crippen LogP contribution >= 0.6 is 11.3 Å². The summed E-state index contributed by atoms with van der Waals surface area (Å²) in [7, 11) is 0. The van der Waals surface area contributed by atoms with Crippen molar-refractivity contribution in [3.63, 3.8) is 0 Å². The van der Waals surface area contributed by atoms with E-state index in [2.05, 4.69) is 4.99 Å². The first kappa shape index (κ1) is 24.9. The lowest BCUT2D eigenvalue weighted by molar-refractivity contribution is -0.139. The molecule has 0 saturated carbocycles. The molecule has 1 aromatic heterocycles. The molecule has 3 heterocycles. The Morgan fingerprint density at radius 2 is 1.92 bits per heavy atom. The number of ether oxygens (including phenoxy) is 4. The van der Waals surface area contributed by atoms with Gasteiger partial charge in [-0.05, 0) is 61.4 Å². The fourth-order valence-corrected chi connectivity index (χ4v) is 6.06. The van der Waals surface area contributed by atoms with Gasteiger partial charge in [0.25, 0.3) is 5.56 Å². The number of fused-ring (bicyclic) bond motifs is 3. The zero-order valence-electron chi connectivity index (χ0n) is 21.7. The van der Waals surface area contributed by atoms with E-state index in [1.165, 1.54) is 11.3 Å². The summed E-state index contributed by atoms with van der Waals surface area (Å²) >= 11 is 1.28. The van der Waals surface area contributed by atoms with Crippen molar-refractivity contribution in [2.75, 3.05) is 20.0 Å². The van der Waals surface area contributed by atoms with Gasteiger partial charge >= 0.3 is 5.97 Å². The molecule has 0 unspecified atom stereocenters. The molecule has 39 heavy (non-hydrogen) atoms. The van der Waals surface area contributed by atoms with Crippen molar-refractivity contribution in [2.45, 2.75) is 26.8 Å². The molecule has 8 nitrogen and oxygen atoms in total. The zero-order chi connectivity index (χ0) is 27.1. The highest BCUT2D eigenvalue weighted by Crippen LogP contribution is 2.38. The Kier molecular flexibility index (Phi) is 6.44. The van der Waals surface area contributed by atoms with Crippen molar-refractivity contribution in [3.8, 4) is 17.2 Å². The smallest absolute Gasteiger partial charge is 0.338 e. The van der Waals surface area contributed by atoms with Crippen LogP contribution in [0.3, 0.4) is 0 Å². The summed E-state index contributed by atoms with van der Waals surface area (Å²) < 4.78 is 24.4. The molecule has 9 heteroatoms. The standard InChI is InChI=1S/C30H26N2O6S/c1-4-35-22-12-10-18-8-6-7-9-20(18)21(22)15-25-28(33)32-27(19-11-13-23-24(14-19)38-16-37-23)26(29(34)36-5-2)17(3)31-30(32)39-25/h6-15,27H,4-5,16H2,1-3H3/b25-15-/t27-/m1/s1. The number of thiazole rings is 1. The summed E-state index contributed by atoms with van der Waals surface area (Å²) in [5.74, 6) is 1.36. The maximum atomic E-state index is 14.1. The van der Waals surface area contributed by atoms with Gasteiger partial charge in [-0.15, -0.1) is 0 Å². The van der Waals surface area contributed by atoms with Crippen molar-refractivity contribution in [1.29, 1.82) is 0 Å². The van der Waals surface area contributed by atoms with E-state index >= 15 is 0 Å². The summed E-state index contributed by atoms with van der Waals surface area (Å²) in [6.45, 7) is 6.26. The number of aromatic nitrogens is 1. The molecule has 0 saturated heterocycles. The second-order valence-electron chi connectivity index (χ2n) is 9.05. The monoisotopic (exact) mass is 542 g/mol. The van der Waals surface area contributed by atoms with E-state index in [4.69, 9.17) is 18.9 Å². The molecule has 4 aromatic rings. The van der Waals surface area contributed by atoms with Gasteiger partial charge in [-0.3, -0.25) is 9.36 Å². The molecule has 6 rings (SSSR count). The molecule has 0 amide bonds. The fourth-order valence-electron chi connectivity index (χ4n) is 5.03. The minimum atomic E-state index is -0.740. The SMILES string of the molecule is CCOC(=O)C1=C(C)N=c2s/c(=C\c3c(OCC)ccc4ccccc34)c(=O)n2[C@@H]1c1ccc2c(c1)OCO2. The maximum absolute atomic E-state index is 14.1. The number of carbonyl (C=O) groups excluding carboxylic acids is 1. The van der Waals surface area contributed by atoms with E-state index in [1.54, 1.807) is 30.5 Å². The summed E-state index contributed by atoms with van der Waals surface area (Å²) in [6.07, 6.45) is 1.86. The highest BCUT2D eigenvalue weighted by atomic mass is 32.1. The predicted octanol–water partition coefficient (Wildman–Crippen LogP) is 4.08. The maximum Gasteiger partial charge on any atom is 0.338 e. The number of benzene rings is 3. The Morgan fingerprint density at radius 3 is 2.74 bits per heavy atom. The van der Waals surface area contributed by atoms with Crippen molar-refractivity contribution in [2.24, 2.45) is 4.99 Å². The average Bonchev–Trinajstić information content (AvgIpc) is 3.53. The Hall–Kier alpha value is -4.37. The summed E-state index contributed by atoms with van der Waals surface area (Å²) in [6, 6.07) is 16.6.